The fourth-order valence-electron chi connectivity index (χ4n) is 15.7. The third kappa shape index (κ3) is 21.8. The van der Waals surface area contributed by atoms with E-state index >= 15 is 24.0 Å². The number of carbonyl (C=O) groups is 9. The van der Waals surface area contributed by atoms with Crippen LogP contribution in [0.15, 0.2) is 116 Å². The van der Waals surface area contributed by atoms with Crippen LogP contribution in [0.25, 0.3) is 11.1 Å². The van der Waals surface area contributed by atoms with E-state index in [1.807, 2.05) is 18.7 Å². The Labute approximate surface area is 750 Å². The number of amides is 9. The second kappa shape index (κ2) is 40.8. The van der Waals surface area contributed by atoms with Gasteiger partial charge in [-0.15, -0.1) is 0 Å². The summed E-state index contributed by atoms with van der Waals surface area (Å²) in [5.41, 5.74) is 4.97. The fourth-order valence-corrected chi connectivity index (χ4v) is 16.7. The van der Waals surface area contributed by atoms with Crippen molar-refractivity contribution in [2.75, 3.05) is 58.4 Å². The number of hydrogen-bond donors (Lipinski definition) is 20. The van der Waals surface area contributed by atoms with Crippen LogP contribution in [0.1, 0.15) is 121 Å². The quantitative estimate of drug-likeness (QED) is 0.0342. The molecule has 128 heavy (non-hydrogen) atoms. The van der Waals surface area contributed by atoms with E-state index in [4.69, 9.17) is 90.1 Å². The molecule has 6 aromatic carbocycles. The lowest BCUT2D eigenvalue weighted by Crippen LogP contribution is -2.65. The Morgan fingerprint density at radius 1 is 0.703 bits per heavy atom. The van der Waals surface area contributed by atoms with E-state index in [0.29, 0.717) is 37.6 Å². The van der Waals surface area contributed by atoms with Crippen molar-refractivity contribution in [3.63, 3.8) is 0 Å². The molecule has 684 valence electrons. The summed E-state index contributed by atoms with van der Waals surface area (Å²) in [4.78, 5) is 146. The van der Waals surface area contributed by atoms with Crippen LogP contribution in [0.5, 0.6) is 46.0 Å². The van der Waals surface area contributed by atoms with E-state index in [1.54, 1.807) is 13.0 Å². The van der Waals surface area contributed by atoms with Gasteiger partial charge in [0.15, 0.2) is 23.9 Å². The average molecular weight is 1860 g/mol. The van der Waals surface area contributed by atoms with E-state index in [1.165, 1.54) is 62.8 Å². The number of anilines is 1. The average Bonchev–Trinajstić information content (AvgIpc) is 0.765. The Bertz CT molecular complexity index is 5350. The maximum atomic E-state index is 16.4. The zero-order chi connectivity index (χ0) is 92.0. The van der Waals surface area contributed by atoms with Crippen molar-refractivity contribution in [1.29, 1.82) is 0 Å². The normalized spacial score (nSPS) is 26.5. The first kappa shape index (κ1) is 94.7. The predicted molar refractivity (Wildman–Crippen MR) is 454 cm³/mol. The summed E-state index contributed by atoms with van der Waals surface area (Å²) in [5.74, 6) is -15.9. The van der Waals surface area contributed by atoms with Crippen LogP contribution in [-0.2, 0) is 68.7 Å². The number of rotatable bonds is 22. The number of aliphatic hydroxyl groups is 6. The fraction of sp³-hybridized carbons (Fsp3) is 0.412. The monoisotopic (exact) mass is 1850 g/mol. The van der Waals surface area contributed by atoms with Gasteiger partial charge < -0.3 is 133 Å². The number of nitrogens with two attached hydrogens (primary N) is 1. The standard InChI is InChI=1S/C85H95Cl4N13O26/c1-36(2)18-52(91-5)77(114)99-67-69(108)40-7-10-56(50(88)21-40)124-58-23-42-24-59(73(58)128-84-74(72(111)71(110)60(35-103)126-84)127-62-31-85(4,75(112)37(3)123-62)93-33-38-19-43(34-92-32-38)76(113)94-46-26-44(86)25-45(87)27-46)125-57-11-8-41(22-51(57)89)70(109)68-82(119)98-66(83(120)101-122-17-14-102-12-15-121-16-13-102)49-28-47(104)29-55(106)63(49)48-20-39(6-9-54(48)105)64(79(116)100-68)97-80(117)65(42)96-78(115)53(30-61(90)107)95-81(67)118/h6-11,19-29,32,34,36-37,52-53,60,62,64-72,74-75,84,91,93,103-106,108-112H,12-18,30-31,33,35H2,1-5H3,(H2,90,107)(H,94,113)(H,95,118)(H,96,115)(H,97,117)(H,98,119)(H,99,114)(H,100,116)(H,101,120)/t37?,52?,53?,60?,62?,64?,65?,66-,67?,68?,69?,70?,71?,72?,74?,75?,84?,85-/m1/s1. The highest BCUT2D eigenvalue weighted by atomic mass is 35.5. The third-order valence-electron chi connectivity index (χ3n) is 22.4. The lowest BCUT2D eigenvalue weighted by Gasteiger charge is -2.48. The highest BCUT2D eigenvalue weighted by Gasteiger charge is 2.53. The molecular weight excluding hydrogens is 1760 g/mol. The zero-order valence-corrected chi connectivity index (χ0v) is 72.1. The maximum absolute atomic E-state index is 16.4. The third-order valence-corrected chi connectivity index (χ3v) is 23.4. The highest BCUT2D eigenvalue weighted by Crippen LogP contribution is 2.50. The molecule has 15 rings (SSSR count). The summed E-state index contributed by atoms with van der Waals surface area (Å²) >= 11 is 26.8. The molecule has 39 nitrogen and oxygen atoms in total. The number of nitrogens with one attached hydrogen (secondary N) is 10. The maximum Gasteiger partial charge on any atom is 0.270 e. The van der Waals surface area contributed by atoms with Crippen LogP contribution in [0.4, 0.5) is 5.69 Å². The van der Waals surface area contributed by atoms with Gasteiger partial charge in [0.2, 0.25) is 53.4 Å². The first-order valence-corrected chi connectivity index (χ1v) is 42.1. The van der Waals surface area contributed by atoms with Crippen LogP contribution in [0.3, 0.4) is 0 Å². The minimum atomic E-state index is -2.39. The molecule has 1 aromatic heterocycles. The number of likely N-dealkylation sites (N-methyl/N-ethyl adjacent to an activating group) is 1. The molecule has 16 unspecified atom stereocenters. The topological polar surface area (TPSA) is 572 Å². The second-order valence-electron chi connectivity index (χ2n) is 32.1. The van der Waals surface area contributed by atoms with Gasteiger partial charge in [-0.05, 0) is 145 Å². The van der Waals surface area contributed by atoms with Gasteiger partial charge in [0.25, 0.3) is 11.8 Å². The number of hydrogen-bond acceptors (Lipinski definition) is 30. The van der Waals surface area contributed by atoms with E-state index in [2.05, 4.69) is 58.3 Å². The molecule has 0 saturated carbocycles. The van der Waals surface area contributed by atoms with Gasteiger partial charge in [-0.1, -0.05) is 78.5 Å². The molecule has 3 saturated heterocycles. The van der Waals surface area contributed by atoms with Crippen molar-refractivity contribution in [1.82, 2.24) is 57.9 Å². The number of pyridine rings is 1. The molecule has 9 heterocycles. The van der Waals surface area contributed by atoms with Crippen LogP contribution in [0.2, 0.25) is 20.1 Å². The van der Waals surface area contributed by atoms with Gasteiger partial charge in [-0.25, -0.2) is 5.48 Å². The van der Waals surface area contributed by atoms with Crippen molar-refractivity contribution in [3.8, 4) is 57.1 Å². The lowest BCUT2D eigenvalue weighted by atomic mass is 9.84. The van der Waals surface area contributed by atoms with E-state index in [0.717, 1.165) is 60.7 Å². The molecule has 7 aromatic rings. The van der Waals surface area contributed by atoms with Crippen molar-refractivity contribution in [2.45, 2.75) is 163 Å². The first-order chi connectivity index (χ1) is 60.9. The molecule has 21 N–H and O–H groups in total. The SMILES string of the molecule is CNC(CC(C)C)C(=O)NC1C(=O)NC(CC(N)=O)C(=O)NC2C(=O)NC3C(=O)NC(C(=O)N[C@@H](C(=O)NOCCN4CCOCC4)c4cc(O)cc(O)c4-c4cc3ccc4O)C(O)c3ccc(c(Cl)c3)Oc3cc2cc(c3OC2OC(CO)C(O)C(O)C2OC2C[C@@](C)(NCc3cncc(C(=O)Nc4cc(Cl)cc(Cl)c4)c3)C(O)C(C)O2)Oc2ccc(cc2Cl)C1O. The van der Waals surface area contributed by atoms with Gasteiger partial charge >= 0.3 is 0 Å². The molecule has 0 aliphatic carbocycles. The number of carbonyl (C=O) groups excluding carboxylic acids is 9. The van der Waals surface area contributed by atoms with Crippen molar-refractivity contribution in [3.05, 3.63) is 175 Å². The van der Waals surface area contributed by atoms with Crippen LogP contribution in [-0.4, -0.2) is 241 Å². The van der Waals surface area contributed by atoms with Crippen LogP contribution < -0.4 is 73.3 Å². The van der Waals surface area contributed by atoms with Gasteiger partial charge in [-0.2, -0.15) is 0 Å². The van der Waals surface area contributed by atoms with E-state index in [-0.39, 0.29) is 81.5 Å². The summed E-state index contributed by atoms with van der Waals surface area (Å²) in [6.45, 7) is 7.78. The smallest absolute Gasteiger partial charge is 0.270 e. The van der Waals surface area contributed by atoms with Crippen molar-refractivity contribution >= 4 is 105 Å². The molecule has 0 spiro atoms. The molecule has 9 amide bonds. The Balaban J connectivity index is 0.958. The zero-order valence-electron chi connectivity index (χ0n) is 69.1. The number of fused-ring (bicyclic) bond motifs is 15. The lowest BCUT2D eigenvalue weighted by molar-refractivity contribution is -0.334. The second-order valence-corrected chi connectivity index (χ2v) is 33.8. The van der Waals surface area contributed by atoms with Gasteiger partial charge in [-0.3, -0.25) is 57.9 Å². The number of morpholine rings is 1. The first-order valence-electron chi connectivity index (χ1n) is 40.6. The summed E-state index contributed by atoms with van der Waals surface area (Å²) in [5, 5.41) is 131. The highest BCUT2D eigenvalue weighted by molar-refractivity contribution is 6.35. The van der Waals surface area contributed by atoms with Gasteiger partial charge in [0, 0.05) is 83.5 Å². The predicted octanol–water partition coefficient (Wildman–Crippen LogP) is 3.19. The van der Waals surface area contributed by atoms with Crippen molar-refractivity contribution < 1.29 is 127 Å². The number of phenolic OH excluding ortho intramolecular Hbond substituents is 3. The Morgan fingerprint density at radius 2 is 1.35 bits per heavy atom. The molecule has 0 radical (unpaired) electrons. The number of phenols is 3. The van der Waals surface area contributed by atoms with Crippen LogP contribution in [0, 0.1) is 5.92 Å². The number of benzene rings is 6. The summed E-state index contributed by atoms with van der Waals surface area (Å²) in [6, 6.07) is 5.75. The van der Waals surface area contributed by atoms with E-state index < -0.39 is 243 Å². The molecule has 43 heteroatoms. The molecular formula is C85H95Cl4N13O26. The number of aliphatic hydroxyl groups excluding tert-OH is 6. The number of ether oxygens (including phenoxy) is 7. The number of nitrogens with zero attached hydrogens (tertiary/aromatic N) is 2. The molecule has 8 aliphatic rings. The summed E-state index contributed by atoms with van der Waals surface area (Å²) < 4.78 is 45.1. The molecule has 3 fully saturated rings. The van der Waals surface area contributed by atoms with Crippen LogP contribution >= 0.6 is 46.4 Å². The minimum Gasteiger partial charge on any atom is -0.508 e. The summed E-state index contributed by atoms with van der Waals surface area (Å²) in [7, 11) is 1.47. The number of primary amides is 1. The minimum absolute atomic E-state index is 0.0492. The Kier molecular flexibility index (Phi) is 30.2. The molecule has 8 aliphatic heterocycles. The largest absolute Gasteiger partial charge is 0.508 e. The number of halogens is 4. The number of hydroxylamine groups is 1. The number of aromatic nitrogens is 1. The molecule has 11 bridgehead atoms. The molecule has 18 atom stereocenters. The van der Waals surface area contributed by atoms with Crippen molar-refractivity contribution in [2.24, 2.45) is 11.7 Å². The Morgan fingerprint density at radius 3 is 2.00 bits per heavy atom. The Hall–Kier alpha value is -10.9. The van der Waals surface area contributed by atoms with Gasteiger partial charge in [0.1, 0.15) is 95.5 Å². The number of aromatic hydroxyl groups is 3. The van der Waals surface area contributed by atoms with Gasteiger partial charge in [0.05, 0.1) is 66.7 Å². The van der Waals surface area contributed by atoms with E-state index in [9.17, 15) is 65.1 Å². The summed E-state index contributed by atoms with van der Waals surface area (Å²) in [6.07, 6.45) is -16.6.